The molecule has 8 heteroatoms. The summed E-state index contributed by atoms with van der Waals surface area (Å²) in [5.41, 5.74) is -1.75. The van der Waals surface area contributed by atoms with E-state index in [0.29, 0.717) is 36.8 Å². The van der Waals surface area contributed by atoms with Gasteiger partial charge in [-0.15, -0.1) is 0 Å². The van der Waals surface area contributed by atoms with Crippen LogP contribution in [0.15, 0.2) is 48.5 Å². The van der Waals surface area contributed by atoms with Crippen LogP contribution < -0.4 is 0 Å². The minimum atomic E-state index is -4.35. The van der Waals surface area contributed by atoms with Gasteiger partial charge < -0.3 is 4.79 Å². The van der Waals surface area contributed by atoms with Crippen molar-refractivity contribution < 1.29 is 31.1 Å². The average Bonchev–Trinajstić information content (AvgIpc) is 2.89. The van der Waals surface area contributed by atoms with Gasteiger partial charge >= 0.3 is 12.4 Å². The predicted octanol–water partition coefficient (Wildman–Crippen LogP) is 8.54. The zero-order valence-corrected chi connectivity index (χ0v) is 19.9. The summed E-state index contributed by atoms with van der Waals surface area (Å²) in [7, 11) is 0. The number of aldehydes is 1. The molecular formula is C28H29F6NO. The highest BCUT2D eigenvalue weighted by Gasteiger charge is 2.38. The minimum absolute atomic E-state index is 0.507. The first-order chi connectivity index (χ1) is 17.0. The molecule has 2 aromatic carbocycles. The van der Waals surface area contributed by atoms with E-state index in [1.165, 1.54) is 12.1 Å². The van der Waals surface area contributed by atoms with Crippen LogP contribution in [0.5, 0.6) is 0 Å². The van der Waals surface area contributed by atoms with Crippen molar-refractivity contribution in [1.29, 1.82) is 5.26 Å². The molecule has 2 aliphatic carbocycles. The van der Waals surface area contributed by atoms with E-state index in [4.69, 9.17) is 0 Å². The number of hydrogen-bond acceptors (Lipinski definition) is 2. The van der Waals surface area contributed by atoms with Gasteiger partial charge in [0.1, 0.15) is 6.29 Å². The maximum absolute atomic E-state index is 12.7. The highest BCUT2D eigenvalue weighted by Crippen LogP contribution is 2.41. The summed E-state index contributed by atoms with van der Waals surface area (Å²) in [6, 6.07) is 12.7. The Morgan fingerprint density at radius 2 is 1.14 bits per heavy atom. The van der Waals surface area contributed by atoms with Crippen LogP contribution in [0.1, 0.15) is 86.5 Å². The van der Waals surface area contributed by atoms with Crippen molar-refractivity contribution in [2.45, 2.75) is 87.4 Å². The lowest BCUT2D eigenvalue weighted by Gasteiger charge is -2.32. The third kappa shape index (κ3) is 6.29. The van der Waals surface area contributed by atoms with Gasteiger partial charge in [-0.1, -0.05) is 74.9 Å². The third-order valence-electron chi connectivity index (χ3n) is 7.40. The maximum Gasteiger partial charge on any atom is 0.416 e. The molecule has 0 radical (unpaired) electrons. The minimum Gasteiger partial charge on any atom is -0.302 e. The van der Waals surface area contributed by atoms with Crippen LogP contribution in [0.3, 0.4) is 0 Å². The Balaban J connectivity index is 0.000000201. The van der Waals surface area contributed by atoms with E-state index < -0.39 is 34.3 Å². The zero-order valence-electron chi connectivity index (χ0n) is 19.9. The monoisotopic (exact) mass is 509 g/mol. The smallest absolute Gasteiger partial charge is 0.302 e. The Bertz CT molecular complexity index is 1070. The Morgan fingerprint density at radius 1 is 0.694 bits per heavy atom. The van der Waals surface area contributed by atoms with Crippen molar-refractivity contribution >= 4 is 6.29 Å². The molecule has 4 rings (SSSR count). The molecule has 2 aromatic rings. The number of benzene rings is 2. The van der Waals surface area contributed by atoms with Crippen molar-refractivity contribution in [3.63, 3.8) is 0 Å². The van der Waals surface area contributed by atoms with E-state index in [0.717, 1.165) is 69.1 Å². The molecule has 2 nitrogen and oxygen atoms in total. The molecule has 0 saturated heterocycles. The van der Waals surface area contributed by atoms with Gasteiger partial charge in [0.2, 0.25) is 0 Å². The molecule has 2 aliphatic rings. The van der Waals surface area contributed by atoms with Gasteiger partial charge in [0.05, 0.1) is 28.0 Å². The molecule has 0 amide bonds. The van der Waals surface area contributed by atoms with Crippen LogP contribution in [0.25, 0.3) is 0 Å². The lowest BCUT2D eigenvalue weighted by molar-refractivity contribution is -0.138. The van der Waals surface area contributed by atoms with E-state index in [1.54, 1.807) is 12.1 Å². The second-order valence-electron chi connectivity index (χ2n) is 9.75. The summed E-state index contributed by atoms with van der Waals surface area (Å²) in [5.74, 6) is 0. The van der Waals surface area contributed by atoms with Gasteiger partial charge in [-0.25, -0.2) is 0 Å². The molecule has 0 heterocycles. The van der Waals surface area contributed by atoms with Crippen LogP contribution >= 0.6 is 0 Å². The lowest BCUT2D eigenvalue weighted by Crippen LogP contribution is -2.31. The summed E-state index contributed by atoms with van der Waals surface area (Å²) in [6.07, 6.45) is 0.470. The van der Waals surface area contributed by atoms with Crippen LogP contribution in [0, 0.1) is 11.3 Å². The SMILES string of the molecule is N#CC1(c2cccc(C(F)(F)F)c2)CCCCC1.O=CC1(c2cccc(C(F)(F)F)c2)CCCCC1. The van der Waals surface area contributed by atoms with Crippen molar-refractivity contribution in [3.8, 4) is 6.07 Å². The van der Waals surface area contributed by atoms with Crippen molar-refractivity contribution in [1.82, 2.24) is 0 Å². The van der Waals surface area contributed by atoms with Crippen molar-refractivity contribution in [3.05, 3.63) is 70.8 Å². The predicted molar refractivity (Wildman–Crippen MR) is 124 cm³/mol. The van der Waals surface area contributed by atoms with Gasteiger partial charge in [-0.05, 0) is 48.9 Å². The highest BCUT2D eigenvalue weighted by molar-refractivity contribution is 5.69. The van der Waals surface area contributed by atoms with Crippen LogP contribution in [0.4, 0.5) is 26.3 Å². The fraction of sp³-hybridized carbons (Fsp3) is 0.500. The standard InChI is InChI=1S/C14H14F3N.C14H15F3O/c2*15-14(16,17)12-6-4-5-11(9-12)13(10-18)7-2-1-3-8-13/h4-6,9H,1-3,7-8H2;4-6,9-10H,1-3,7-8H2. The maximum atomic E-state index is 12.7. The van der Waals surface area contributed by atoms with Gasteiger partial charge in [-0.2, -0.15) is 31.6 Å². The number of carbonyl (C=O) groups excluding carboxylic acids is 1. The molecule has 0 bridgehead atoms. The fourth-order valence-corrected chi connectivity index (χ4v) is 5.28. The number of nitriles is 1. The van der Waals surface area contributed by atoms with Crippen molar-refractivity contribution in [2.75, 3.05) is 0 Å². The Kier molecular flexibility index (Phi) is 8.53. The lowest BCUT2D eigenvalue weighted by atomic mass is 9.70. The van der Waals surface area contributed by atoms with Gasteiger partial charge in [-0.3, -0.25) is 0 Å². The normalized spacial score (nSPS) is 19.4. The summed E-state index contributed by atoms with van der Waals surface area (Å²) < 4.78 is 76.1. The number of hydrogen-bond donors (Lipinski definition) is 0. The first kappa shape index (κ1) is 27.8. The topological polar surface area (TPSA) is 40.9 Å². The van der Waals surface area contributed by atoms with Crippen molar-refractivity contribution in [2.24, 2.45) is 0 Å². The second-order valence-corrected chi connectivity index (χ2v) is 9.75. The number of nitrogens with zero attached hydrogens (tertiary/aromatic N) is 1. The molecular weight excluding hydrogens is 480 g/mol. The third-order valence-corrected chi connectivity index (χ3v) is 7.40. The van der Waals surface area contributed by atoms with Crippen LogP contribution in [0.2, 0.25) is 0 Å². The number of carbonyl (C=O) groups is 1. The Hall–Kier alpha value is -2.82. The van der Waals surface area contributed by atoms with E-state index in [1.807, 2.05) is 0 Å². The number of halogens is 6. The van der Waals surface area contributed by atoms with E-state index in [2.05, 4.69) is 6.07 Å². The van der Waals surface area contributed by atoms with Crippen LogP contribution in [-0.2, 0) is 28.0 Å². The second kappa shape index (κ2) is 11.1. The van der Waals surface area contributed by atoms with E-state index >= 15 is 0 Å². The summed E-state index contributed by atoms with van der Waals surface area (Å²) in [4.78, 5) is 11.4. The van der Waals surface area contributed by atoms with E-state index in [9.17, 15) is 36.4 Å². The molecule has 0 aliphatic heterocycles. The summed E-state index contributed by atoms with van der Waals surface area (Å²) in [6.45, 7) is 0. The Labute approximate surface area is 207 Å². The molecule has 0 atom stereocenters. The molecule has 36 heavy (non-hydrogen) atoms. The molecule has 0 N–H and O–H groups in total. The number of alkyl halides is 6. The first-order valence-corrected chi connectivity index (χ1v) is 12.2. The fourth-order valence-electron chi connectivity index (χ4n) is 5.28. The molecule has 0 spiro atoms. The molecule has 2 fully saturated rings. The number of rotatable bonds is 3. The molecule has 0 unspecified atom stereocenters. The molecule has 0 aromatic heterocycles. The Morgan fingerprint density at radius 3 is 1.58 bits per heavy atom. The van der Waals surface area contributed by atoms with Gasteiger partial charge in [0.25, 0.3) is 0 Å². The summed E-state index contributed by atoms with van der Waals surface area (Å²) in [5, 5.41) is 9.36. The van der Waals surface area contributed by atoms with Crippen LogP contribution in [-0.4, -0.2) is 6.29 Å². The molecule has 194 valence electrons. The van der Waals surface area contributed by atoms with Gasteiger partial charge in [0, 0.05) is 0 Å². The quantitative estimate of drug-likeness (QED) is 0.307. The summed E-state index contributed by atoms with van der Waals surface area (Å²) >= 11 is 0. The zero-order chi connectivity index (χ0) is 26.5. The average molecular weight is 510 g/mol. The largest absolute Gasteiger partial charge is 0.416 e. The first-order valence-electron chi connectivity index (χ1n) is 12.2. The van der Waals surface area contributed by atoms with Gasteiger partial charge in [0.15, 0.2) is 0 Å². The molecule has 2 saturated carbocycles. The highest BCUT2D eigenvalue weighted by atomic mass is 19.4. The van der Waals surface area contributed by atoms with E-state index in [-0.39, 0.29) is 0 Å².